The highest BCUT2D eigenvalue weighted by Gasteiger charge is 2.34. The van der Waals surface area contributed by atoms with Gasteiger partial charge in [-0.1, -0.05) is 18.2 Å². The van der Waals surface area contributed by atoms with Crippen molar-refractivity contribution < 1.29 is 0 Å². The molecule has 1 aliphatic heterocycles. The molecule has 1 saturated heterocycles. The molecule has 1 saturated carbocycles. The zero-order valence-corrected chi connectivity index (χ0v) is 12.6. The third-order valence-electron chi connectivity index (χ3n) is 5.39. The average molecular weight is 270 g/mol. The van der Waals surface area contributed by atoms with Gasteiger partial charge in [-0.25, -0.2) is 0 Å². The number of fused-ring (bicyclic) bond motifs is 1. The summed E-state index contributed by atoms with van der Waals surface area (Å²) >= 11 is 0. The number of nitrogens with zero attached hydrogens (tertiary/aromatic N) is 1. The number of hydrogen-bond acceptors (Lipinski definition) is 2. The van der Waals surface area contributed by atoms with Crippen LogP contribution < -0.4 is 5.32 Å². The third-order valence-corrected chi connectivity index (χ3v) is 5.39. The molecule has 108 valence electrons. The Morgan fingerprint density at radius 1 is 1.15 bits per heavy atom. The molecule has 4 rings (SSSR count). The molecule has 2 nitrogen and oxygen atoms in total. The van der Waals surface area contributed by atoms with Crippen molar-refractivity contribution in [2.24, 2.45) is 0 Å². The van der Waals surface area contributed by atoms with Crippen LogP contribution in [0.5, 0.6) is 0 Å². The molecule has 2 atom stereocenters. The Bertz CT molecular complexity index is 492. The monoisotopic (exact) mass is 270 g/mol. The molecule has 1 aromatic rings. The van der Waals surface area contributed by atoms with E-state index in [1.807, 2.05) is 0 Å². The first-order chi connectivity index (χ1) is 9.79. The highest BCUT2D eigenvalue weighted by molar-refractivity contribution is 5.36. The molecule has 2 aliphatic carbocycles. The van der Waals surface area contributed by atoms with E-state index in [1.165, 1.54) is 57.2 Å². The Morgan fingerprint density at radius 3 is 2.85 bits per heavy atom. The zero-order chi connectivity index (χ0) is 13.5. The Labute approximate surface area is 122 Å². The number of benzene rings is 1. The molecule has 2 heteroatoms. The molecule has 2 fully saturated rings. The molecule has 0 bridgehead atoms. The van der Waals surface area contributed by atoms with Gasteiger partial charge in [-0.2, -0.15) is 0 Å². The predicted octanol–water partition coefficient (Wildman–Crippen LogP) is 3.06. The van der Waals surface area contributed by atoms with Crippen molar-refractivity contribution in [1.82, 2.24) is 10.2 Å². The second kappa shape index (κ2) is 5.16. The smallest absolute Gasteiger partial charge is 0.0294 e. The van der Waals surface area contributed by atoms with Crippen LogP contribution in [-0.4, -0.2) is 30.1 Å². The highest BCUT2D eigenvalue weighted by Crippen LogP contribution is 2.31. The Kier molecular flexibility index (Phi) is 3.31. The van der Waals surface area contributed by atoms with Gasteiger partial charge in [0.2, 0.25) is 0 Å². The van der Waals surface area contributed by atoms with E-state index in [9.17, 15) is 0 Å². The van der Waals surface area contributed by atoms with Gasteiger partial charge in [0.1, 0.15) is 0 Å². The fourth-order valence-corrected chi connectivity index (χ4v) is 4.01. The van der Waals surface area contributed by atoms with Gasteiger partial charge in [-0.05, 0) is 62.1 Å². The number of nitrogens with one attached hydrogen (secondary N) is 1. The van der Waals surface area contributed by atoms with Gasteiger partial charge in [0, 0.05) is 31.2 Å². The third kappa shape index (κ3) is 2.51. The minimum Gasteiger partial charge on any atom is -0.306 e. The molecule has 0 aromatic heterocycles. The first-order valence-electron chi connectivity index (χ1n) is 8.41. The van der Waals surface area contributed by atoms with Crippen molar-refractivity contribution in [3.8, 4) is 0 Å². The minimum atomic E-state index is 0.491. The molecule has 0 spiro atoms. The summed E-state index contributed by atoms with van der Waals surface area (Å²) in [5.74, 6) is 0. The maximum absolute atomic E-state index is 3.86. The van der Waals surface area contributed by atoms with Crippen molar-refractivity contribution in [3.05, 3.63) is 34.9 Å². The fourth-order valence-electron chi connectivity index (χ4n) is 4.01. The standard InChI is InChI=1S/C18H26N2/c1-13(15-6-5-14-3-2-4-16(14)11-15)19-17-9-10-20(12-17)18-7-8-18/h5-6,11,13,17-19H,2-4,7-10,12H2,1H3. The van der Waals surface area contributed by atoms with Gasteiger partial charge in [0.25, 0.3) is 0 Å². The molecular formula is C18H26N2. The molecule has 0 radical (unpaired) electrons. The number of hydrogen-bond donors (Lipinski definition) is 1. The lowest BCUT2D eigenvalue weighted by Gasteiger charge is -2.21. The lowest BCUT2D eigenvalue weighted by atomic mass is 10.0. The van der Waals surface area contributed by atoms with Crippen LogP contribution in [0.3, 0.4) is 0 Å². The quantitative estimate of drug-likeness (QED) is 0.904. The van der Waals surface area contributed by atoms with Crippen molar-refractivity contribution in [1.29, 1.82) is 0 Å². The topological polar surface area (TPSA) is 15.3 Å². The van der Waals surface area contributed by atoms with Crippen LogP contribution in [0.15, 0.2) is 18.2 Å². The largest absolute Gasteiger partial charge is 0.306 e. The van der Waals surface area contributed by atoms with E-state index in [1.54, 1.807) is 11.1 Å². The molecule has 1 heterocycles. The average Bonchev–Trinajstić information content (AvgIpc) is 3.02. The SMILES string of the molecule is CC(NC1CCN(C2CC2)C1)c1ccc2c(c1)CCC2. The van der Waals surface area contributed by atoms with Gasteiger partial charge in [-0.3, -0.25) is 4.90 Å². The molecule has 2 unspecified atom stereocenters. The summed E-state index contributed by atoms with van der Waals surface area (Å²) in [6, 6.07) is 9.27. The summed E-state index contributed by atoms with van der Waals surface area (Å²) < 4.78 is 0. The number of rotatable bonds is 4. The fraction of sp³-hybridized carbons (Fsp3) is 0.667. The lowest BCUT2D eigenvalue weighted by Crippen LogP contribution is -2.35. The number of likely N-dealkylation sites (tertiary alicyclic amines) is 1. The highest BCUT2D eigenvalue weighted by atomic mass is 15.2. The van der Waals surface area contributed by atoms with Crippen LogP contribution in [0.4, 0.5) is 0 Å². The van der Waals surface area contributed by atoms with Crippen LogP contribution in [0.2, 0.25) is 0 Å². The van der Waals surface area contributed by atoms with E-state index in [2.05, 4.69) is 35.3 Å². The first-order valence-corrected chi connectivity index (χ1v) is 8.41. The summed E-state index contributed by atoms with van der Waals surface area (Å²) in [6.45, 7) is 4.90. The van der Waals surface area contributed by atoms with Gasteiger partial charge in [0.05, 0.1) is 0 Å². The summed E-state index contributed by atoms with van der Waals surface area (Å²) in [5, 5.41) is 3.86. The molecule has 1 aromatic carbocycles. The second-order valence-electron chi connectivity index (χ2n) is 6.98. The second-order valence-corrected chi connectivity index (χ2v) is 6.98. The van der Waals surface area contributed by atoms with E-state index < -0.39 is 0 Å². The lowest BCUT2D eigenvalue weighted by molar-refractivity contribution is 0.313. The van der Waals surface area contributed by atoms with Gasteiger partial charge in [-0.15, -0.1) is 0 Å². The summed E-state index contributed by atoms with van der Waals surface area (Å²) in [4.78, 5) is 2.69. The van der Waals surface area contributed by atoms with Crippen LogP contribution in [0, 0.1) is 0 Å². The molecular weight excluding hydrogens is 244 g/mol. The zero-order valence-electron chi connectivity index (χ0n) is 12.6. The minimum absolute atomic E-state index is 0.491. The van der Waals surface area contributed by atoms with Crippen molar-refractivity contribution in [2.45, 2.75) is 63.6 Å². The van der Waals surface area contributed by atoms with Crippen molar-refractivity contribution >= 4 is 0 Å². The Hall–Kier alpha value is -0.860. The van der Waals surface area contributed by atoms with E-state index in [-0.39, 0.29) is 0 Å². The van der Waals surface area contributed by atoms with E-state index in [0.29, 0.717) is 12.1 Å². The van der Waals surface area contributed by atoms with Gasteiger partial charge < -0.3 is 5.32 Å². The van der Waals surface area contributed by atoms with E-state index >= 15 is 0 Å². The predicted molar refractivity (Wildman–Crippen MR) is 83.0 cm³/mol. The Balaban J connectivity index is 1.39. The van der Waals surface area contributed by atoms with Crippen LogP contribution >= 0.6 is 0 Å². The Morgan fingerprint density at radius 2 is 2.00 bits per heavy atom. The maximum atomic E-state index is 3.86. The van der Waals surface area contributed by atoms with Gasteiger partial charge >= 0.3 is 0 Å². The molecule has 3 aliphatic rings. The van der Waals surface area contributed by atoms with E-state index in [4.69, 9.17) is 0 Å². The first kappa shape index (κ1) is 12.8. The van der Waals surface area contributed by atoms with E-state index in [0.717, 1.165) is 6.04 Å². The van der Waals surface area contributed by atoms with Crippen LogP contribution in [0.1, 0.15) is 55.3 Å². The normalized spacial score (nSPS) is 27.8. The maximum Gasteiger partial charge on any atom is 0.0294 e. The summed E-state index contributed by atoms with van der Waals surface area (Å²) in [7, 11) is 0. The molecule has 1 N–H and O–H groups in total. The van der Waals surface area contributed by atoms with Crippen molar-refractivity contribution in [3.63, 3.8) is 0 Å². The van der Waals surface area contributed by atoms with Gasteiger partial charge in [0.15, 0.2) is 0 Å². The van der Waals surface area contributed by atoms with Crippen LogP contribution in [-0.2, 0) is 12.8 Å². The summed E-state index contributed by atoms with van der Waals surface area (Å²) in [5.41, 5.74) is 4.67. The van der Waals surface area contributed by atoms with Crippen LogP contribution in [0.25, 0.3) is 0 Å². The molecule has 20 heavy (non-hydrogen) atoms. The number of aryl methyl sites for hydroxylation is 2. The van der Waals surface area contributed by atoms with Crippen molar-refractivity contribution in [2.75, 3.05) is 13.1 Å². The summed E-state index contributed by atoms with van der Waals surface area (Å²) in [6.07, 6.45) is 8.12. The molecule has 0 amide bonds.